The number of ketones is 1. The SMILES string of the molecule is COC(=O)C1(C(=O)C2(Br)CCCCC2)CCCCC1. The highest BCUT2D eigenvalue weighted by molar-refractivity contribution is 9.10. The lowest BCUT2D eigenvalue weighted by molar-refractivity contribution is -0.161. The van der Waals surface area contributed by atoms with Crippen molar-refractivity contribution in [2.45, 2.75) is 68.5 Å². The first-order chi connectivity index (χ1) is 9.05. The number of Topliss-reactive ketones (excluding diaryl/α,β-unsaturated/α-hetero) is 1. The molecule has 0 heterocycles. The van der Waals surface area contributed by atoms with E-state index in [2.05, 4.69) is 15.9 Å². The van der Waals surface area contributed by atoms with Crippen LogP contribution in [-0.2, 0) is 14.3 Å². The minimum absolute atomic E-state index is 0.0891. The Hall–Kier alpha value is -0.380. The van der Waals surface area contributed by atoms with Gasteiger partial charge < -0.3 is 4.74 Å². The first-order valence-corrected chi connectivity index (χ1v) is 8.17. The van der Waals surface area contributed by atoms with Gasteiger partial charge in [0.05, 0.1) is 11.4 Å². The van der Waals surface area contributed by atoms with Gasteiger partial charge >= 0.3 is 5.97 Å². The quantitative estimate of drug-likeness (QED) is 0.449. The van der Waals surface area contributed by atoms with Gasteiger partial charge in [0.2, 0.25) is 0 Å². The van der Waals surface area contributed by atoms with Crippen LogP contribution in [0.3, 0.4) is 0 Å². The van der Waals surface area contributed by atoms with Crippen molar-refractivity contribution in [3.05, 3.63) is 0 Å². The molecule has 0 radical (unpaired) electrons. The average molecular weight is 331 g/mol. The molecule has 0 N–H and O–H groups in total. The van der Waals surface area contributed by atoms with E-state index >= 15 is 0 Å². The van der Waals surface area contributed by atoms with Gasteiger partial charge in [-0.15, -0.1) is 0 Å². The fraction of sp³-hybridized carbons (Fsp3) is 0.867. The van der Waals surface area contributed by atoms with Crippen LogP contribution in [0.4, 0.5) is 0 Å². The lowest BCUT2D eigenvalue weighted by Crippen LogP contribution is -2.51. The van der Waals surface area contributed by atoms with E-state index in [-0.39, 0.29) is 11.8 Å². The molecule has 3 nitrogen and oxygen atoms in total. The summed E-state index contributed by atoms with van der Waals surface area (Å²) in [6.45, 7) is 0. The van der Waals surface area contributed by atoms with Crippen molar-refractivity contribution in [1.82, 2.24) is 0 Å². The maximum absolute atomic E-state index is 13.0. The summed E-state index contributed by atoms with van der Waals surface area (Å²) in [7, 11) is 1.40. The number of carbonyl (C=O) groups excluding carboxylic acids is 2. The molecule has 2 rings (SSSR count). The third-order valence-electron chi connectivity index (χ3n) is 4.77. The van der Waals surface area contributed by atoms with E-state index < -0.39 is 9.74 Å². The van der Waals surface area contributed by atoms with Crippen LogP contribution >= 0.6 is 15.9 Å². The highest BCUT2D eigenvalue weighted by atomic mass is 79.9. The van der Waals surface area contributed by atoms with Crippen molar-refractivity contribution in [3.63, 3.8) is 0 Å². The number of esters is 1. The van der Waals surface area contributed by atoms with Crippen LogP contribution in [0.25, 0.3) is 0 Å². The van der Waals surface area contributed by atoms with Gasteiger partial charge in [-0.25, -0.2) is 0 Å². The Morgan fingerprint density at radius 2 is 1.37 bits per heavy atom. The first-order valence-electron chi connectivity index (χ1n) is 7.37. The molecule has 0 saturated heterocycles. The Bertz CT molecular complexity index is 352. The van der Waals surface area contributed by atoms with Crippen LogP contribution in [0.1, 0.15) is 64.2 Å². The van der Waals surface area contributed by atoms with E-state index in [1.165, 1.54) is 13.5 Å². The molecule has 4 heteroatoms. The molecular weight excluding hydrogens is 308 g/mol. The van der Waals surface area contributed by atoms with Gasteiger partial charge in [0.15, 0.2) is 5.78 Å². The van der Waals surface area contributed by atoms with E-state index in [0.29, 0.717) is 12.8 Å². The molecule has 0 aliphatic heterocycles. The Balaban J connectivity index is 2.27. The van der Waals surface area contributed by atoms with Crippen LogP contribution in [0.2, 0.25) is 0 Å². The molecule has 0 aromatic rings. The van der Waals surface area contributed by atoms with Crippen molar-refractivity contribution in [2.75, 3.05) is 7.11 Å². The monoisotopic (exact) mass is 330 g/mol. The van der Waals surface area contributed by atoms with E-state index in [1.807, 2.05) is 0 Å². The van der Waals surface area contributed by atoms with E-state index in [4.69, 9.17) is 4.74 Å². The number of hydrogen-bond acceptors (Lipinski definition) is 3. The van der Waals surface area contributed by atoms with Crippen molar-refractivity contribution < 1.29 is 14.3 Å². The van der Waals surface area contributed by atoms with Crippen LogP contribution in [-0.4, -0.2) is 23.2 Å². The van der Waals surface area contributed by atoms with E-state index in [9.17, 15) is 9.59 Å². The van der Waals surface area contributed by atoms with Gasteiger partial charge in [-0.3, -0.25) is 9.59 Å². The zero-order chi connectivity index (χ0) is 13.9. The molecule has 0 aromatic heterocycles. The Labute approximate surface area is 123 Å². The number of methoxy groups -OCH3 is 1. The van der Waals surface area contributed by atoms with Crippen LogP contribution < -0.4 is 0 Å². The lowest BCUT2D eigenvalue weighted by Gasteiger charge is -2.40. The average Bonchev–Trinajstić information content (AvgIpc) is 2.47. The molecule has 0 unspecified atom stereocenters. The van der Waals surface area contributed by atoms with Gasteiger partial charge in [0.25, 0.3) is 0 Å². The summed E-state index contributed by atoms with van der Waals surface area (Å²) in [4.78, 5) is 25.3. The van der Waals surface area contributed by atoms with Crippen molar-refractivity contribution in [3.8, 4) is 0 Å². The number of alkyl halides is 1. The molecule has 2 aliphatic rings. The number of rotatable bonds is 3. The molecule has 108 valence electrons. The minimum Gasteiger partial charge on any atom is -0.468 e. The summed E-state index contributed by atoms with van der Waals surface area (Å²) in [6, 6.07) is 0. The van der Waals surface area contributed by atoms with Gasteiger partial charge in [0, 0.05) is 0 Å². The molecule has 2 saturated carbocycles. The highest BCUT2D eigenvalue weighted by Crippen LogP contribution is 2.47. The van der Waals surface area contributed by atoms with E-state index in [0.717, 1.165) is 44.9 Å². The van der Waals surface area contributed by atoms with Crippen LogP contribution in [0.5, 0.6) is 0 Å². The number of carbonyl (C=O) groups is 2. The van der Waals surface area contributed by atoms with Gasteiger partial charge in [-0.2, -0.15) is 0 Å². The number of hydrogen-bond donors (Lipinski definition) is 0. The maximum Gasteiger partial charge on any atom is 0.319 e. The normalized spacial score (nSPS) is 25.6. The molecule has 0 bridgehead atoms. The van der Waals surface area contributed by atoms with Crippen molar-refractivity contribution in [2.24, 2.45) is 5.41 Å². The molecule has 0 aromatic carbocycles. The fourth-order valence-corrected chi connectivity index (χ4v) is 4.58. The summed E-state index contributed by atoms with van der Waals surface area (Å²) in [5.41, 5.74) is -0.881. The largest absolute Gasteiger partial charge is 0.468 e. The molecule has 2 aliphatic carbocycles. The summed E-state index contributed by atoms with van der Waals surface area (Å²) in [5.74, 6) is -0.229. The summed E-state index contributed by atoms with van der Waals surface area (Å²) in [6.07, 6.45) is 9.34. The Kier molecular flexibility index (Phi) is 4.70. The third-order valence-corrected chi connectivity index (χ3v) is 5.92. The molecule has 19 heavy (non-hydrogen) atoms. The van der Waals surface area contributed by atoms with Crippen LogP contribution in [0.15, 0.2) is 0 Å². The van der Waals surface area contributed by atoms with E-state index in [1.54, 1.807) is 0 Å². The number of halogens is 1. The smallest absolute Gasteiger partial charge is 0.319 e. The van der Waals surface area contributed by atoms with Crippen LogP contribution in [0, 0.1) is 5.41 Å². The van der Waals surface area contributed by atoms with Crippen molar-refractivity contribution >= 4 is 27.7 Å². The second kappa shape index (κ2) is 5.94. The third kappa shape index (κ3) is 2.74. The zero-order valence-electron chi connectivity index (χ0n) is 11.7. The first kappa shape index (κ1) is 15.0. The Morgan fingerprint density at radius 3 is 1.84 bits per heavy atom. The summed E-state index contributed by atoms with van der Waals surface area (Å²) < 4.78 is 4.48. The predicted molar refractivity (Wildman–Crippen MR) is 77.3 cm³/mol. The second-order valence-electron chi connectivity index (χ2n) is 5.99. The zero-order valence-corrected chi connectivity index (χ0v) is 13.3. The van der Waals surface area contributed by atoms with Gasteiger partial charge in [-0.1, -0.05) is 54.5 Å². The van der Waals surface area contributed by atoms with Gasteiger partial charge in [0.1, 0.15) is 5.41 Å². The maximum atomic E-state index is 13.0. The Morgan fingerprint density at radius 1 is 0.895 bits per heavy atom. The standard InChI is InChI=1S/C15H23BrO3/c1-19-13(18)14(8-4-2-5-9-14)12(17)15(16)10-6-3-7-11-15/h2-11H2,1H3. The molecule has 0 atom stereocenters. The molecule has 2 fully saturated rings. The molecule has 0 amide bonds. The summed E-state index contributed by atoms with van der Waals surface area (Å²) >= 11 is 3.67. The number of ether oxygens (including phenoxy) is 1. The molecule has 0 spiro atoms. The highest BCUT2D eigenvalue weighted by Gasteiger charge is 2.54. The summed E-state index contributed by atoms with van der Waals surface area (Å²) in [5, 5.41) is 0. The second-order valence-corrected chi connectivity index (χ2v) is 7.51. The van der Waals surface area contributed by atoms with Crippen molar-refractivity contribution in [1.29, 1.82) is 0 Å². The fourth-order valence-electron chi connectivity index (χ4n) is 3.64. The van der Waals surface area contributed by atoms with Gasteiger partial charge in [-0.05, 0) is 25.7 Å². The minimum atomic E-state index is -0.881. The predicted octanol–water partition coefficient (Wildman–Crippen LogP) is 3.78. The molecular formula is C15H23BrO3. The lowest BCUT2D eigenvalue weighted by atomic mass is 9.65. The topological polar surface area (TPSA) is 43.4 Å².